The van der Waals surface area contributed by atoms with Crippen LogP contribution in [0, 0.1) is 12.3 Å². The second-order valence-corrected chi connectivity index (χ2v) is 6.61. The lowest BCUT2D eigenvalue weighted by Crippen LogP contribution is -2.46. The number of aliphatic carboxylic acids is 1. The van der Waals surface area contributed by atoms with E-state index in [2.05, 4.69) is 10.6 Å². The van der Waals surface area contributed by atoms with Gasteiger partial charge in [-0.15, -0.1) is 11.3 Å². The number of amides is 2. The van der Waals surface area contributed by atoms with Crippen LogP contribution in [0.1, 0.15) is 49.4 Å². The van der Waals surface area contributed by atoms with Gasteiger partial charge in [-0.1, -0.05) is 13.8 Å². The Morgan fingerprint density at radius 1 is 1.33 bits per heavy atom. The van der Waals surface area contributed by atoms with Crippen LogP contribution in [0.3, 0.4) is 0 Å². The van der Waals surface area contributed by atoms with E-state index in [9.17, 15) is 14.7 Å². The zero-order valence-electron chi connectivity index (χ0n) is 13.0. The molecule has 0 aliphatic carbocycles. The summed E-state index contributed by atoms with van der Waals surface area (Å²) in [5, 5.41) is 14.9. The molecule has 6 heteroatoms. The minimum atomic E-state index is -0.889. The van der Waals surface area contributed by atoms with Gasteiger partial charge in [0.05, 0.1) is 11.5 Å². The first-order valence-corrected chi connectivity index (χ1v) is 8.00. The molecule has 21 heavy (non-hydrogen) atoms. The highest BCUT2D eigenvalue weighted by Crippen LogP contribution is 2.26. The van der Waals surface area contributed by atoms with E-state index in [4.69, 9.17) is 0 Å². The fraction of sp³-hybridized carbons (Fsp3) is 0.600. The quantitative estimate of drug-likeness (QED) is 0.723. The molecule has 0 saturated carbocycles. The van der Waals surface area contributed by atoms with E-state index < -0.39 is 11.4 Å². The average molecular weight is 312 g/mol. The summed E-state index contributed by atoms with van der Waals surface area (Å²) in [7, 11) is 0. The molecule has 2 amide bonds. The predicted octanol–water partition coefficient (Wildman–Crippen LogP) is 3.31. The van der Waals surface area contributed by atoms with Crippen LogP contribution in [0.2, 0.25) is 0 Å². The highest BCUT2D eigenvalue weighted by atomic mass is 32.1. The standard InChI is InChI=1S/C15H24N2O3S/c1-5-15(6-2,13(18)19)9-16-14(20)17-11(4)12-8-7-10(3)21-12/h7-8,11H,5-6,9H2,1-4H3,(H,18,19)(H2,16,17,20). The fourth-order valence-corrected chi connectivity index (χ4v) is 3.01. The van der Waals surface area contributed by atoms with Gasteiger partial charge in [0.15, 0.2) is 0 Å². The van der Waals surface area contributed by atoms with Crippen LogP contribution in [0.4, 0.5) is 4.79 Å². The molecule has 0 fully saturated rings. The van der Waals surface area contributed by atoms with E-state index in [1.165, 1.54) is 4.88 Å². The molecule has 1 aromatic rings. The van der Waals surface area contributed by atoms with Crippen molar-refractivity contribution >= 4 is 23.3 Å². The van der Waals surface area contributed by atoms with Gasteiger partial charge in [-0.25, -0.2) is 4.79 Å². The van der Waals surface area contributed by atoms with Crippen molar-refractivity contribution in [2.24, 2.45) is 5.41 Å². The normalized spacial score (nSPS) is 12.8. The Morgan fingerprint density at radius 3 is 2.38 bits per heavy atom. The molecule has 5 nitrogen and oxygen atoms in total. The first-order valence-electron chi connectivity index (χ1n) is 7.18. The van der Waals surface area contributed by atoms with Crippen LogP contribution in [-0.4, -0.2) is 23.7 Å². The Kier molecular flexibility index (Phi) is 6.20. The van der Waals surface area contributed by atoms with Crippen molar-refractivity contribution in [3.05, 3.63) is 21.9 Å². The number of nitrogens with one attached hydrogen (secondary N) is 2. The first kappa shape index (κ1) is 17.5. The molecule has 0 saturated heterocycles. The molecule has 1 unspecified atom stereocenters. The number of carboxylic acids is 1. The predicted molar refractivity (Wildman–Crippen MR) is 84.7 cm³/mol. The molecule has 0 aliphatic heterocycles. The minimum absolute atomic E-state index is 0.0915. The summed E-state index contributed by atoms with van der Waals surface area (Å²) in [5.41, 5.74) is -0.889. The molecule has 1 heterocycles. The van der Waals surface area contributed by atoms with Crippen LogP contribution in [0.15, 0.2) is 12.1 Å². The van der Waals surface area contributed by atoms with E-state index >= 15 is 0 Å². The Morgan fingerprint density at radius 2 is 1.95 bits per heavy atom. The van der Waals surface area contributed by atoms with E-state index in [-0.39, 0.29) is 18.6 Å². The van der Waals surface area contributed by atoms with Gasteiger partial charge in [0.1, 0.15) is 0 Å². The highest BCUT2D eigenvalue weighted by molar-refractivity contribution is 7.12. The number of carbonyl (C=O) groups excluding carboxylic acids is 1. The third-order valence-electron chi connectivity index (χ3n) is 3.93. The number of urea groups is 1. The molecule has 0 bridgehead atoms. The molecule has 0 aromatic carbocycles. The lowest BCUT2D eigenvalue weighted by atomic mass is 9.82. The van der Waals surface area contributed by atoms with Crippen LogP contribution in [0.25, 0.3) is 0 Å². The van der Waals surface area contributed by atoms with E-state index in [1.54, 1.807) is 11.3 Å². The van der Waals surface area contributed by atoms with E-state index in [0.717, 1.165) is 4.88 Å². The van der Waals surface area contributed by atoms with Gasteiger partial charge in [-0.05, 0) is 38.8 Å². The Labute approximate surface area is 129 Å². The van der Waals surface area contributed by atoms with Crippen molar-refractivity contribution in [1.82, 2.24) is 10.6 Å². The van der Waals surface area contributed by atoms with Gasteiger partial charge in [0.2, 0.25) is 0 Å². The molecule has 1 aromatic heterocycles. The fourth-order valence-electron chi connectivity index (χ4n) is 2.13. The van der Waals surface area contributed by atoms with Crippen molar-refractivity contribution in [2.45, 2.75) is 46.6 Å². The van der Waals surface area contributed by atoms with Crippen LogP contribution < -0.4 is 10.6 Å². The molecular weight excluding hydrogens is 288 g/mol. The van der Waals surface area contributed by atoms with Crippen molar-refractivity contribution in [3.63, 3.8) is 0 Å². The second-order valence-electron chi connectivity index (χ2n) is 5.29. The van der Waals surface area contributed by atoms with Crippen molar-refractivity contribution in [2.75, 3.05) is 6.54 Å². The number of carbonyl (C=O) groups is 2. The smallest absolute Gasteiger partial charge is 0.315 e. The van der Waals surface area contributed by atoms with Gasteiger partial charge in [0.25, 0.3) is 0 Å². The van der Waals surface area contributed by atoms with Gasteiger partial charge >= 0.3 is 12.0 Å². The number of carboxylic acid groups (broad SMARTS) is 1. The number of rotatable bonds is 7. The van der Waals surface area contributed by atoms with E-state index in [1.807, 2.05) is 39.8 Å². The summed E-state index contributed by atoms with van der Waals surface area (Å²) < 4.78 is 0. The van der Waals surface area contributed by atoms with E-state index in [0.29, 0.717) is 12.8 Å². The van der Waals surface area contributed by atoms with Crippen molar-refractivity contribution in [3.8, 4) is 0 Å². The molecule has 1 atom stereocenters. The Balaban J connectivity index is 2.55. The molecule has 0 spiro atoms. The summed E-state index contributed by atoms with van der Waals surface area (Å²) in [6, 6.07) is 3.58. The summed E-state index contributed by atoms with van der Waals surface area (Å²) in [6.45, 7) is 7.72. The zero-order chi connectivity index (χ0) is 16.0. The molecule has 1 rings (SSSR count). The number of aryl methyl sites for hydroxylation is 1. The maximum absolute atomic E-state index is 11.9. The summed E-state index contributed by atoms with van der Waals surface area (Å²) in [4.78, 5) is 25.6. The summed E-state index contributed by atoms with van der Waals surface area (Å²) in [5.74, 6) is -0.866. The molecule has 118 valence electrons. The second kappa shape index (κ2) is 7.45. The highest BCUT2D eigenvalue weighted by Gasteiger charge is 2.35. The Bertz CT molecular complexity index is 495. The number of thiophene rings is 1. The largest absolute Gasteiger partial charge is 0.481 e. The maximum Gasteiger partial charge on any atom is 0.315 e. The average Bonchev–Trinajstić information content (AvgIpc) is 2.87. The summed E-state index contributed by atoms with van der Waals surface area (Å²) in [6.07, 6.45) is 0.970. The van der Waals surface area contributed by atoms with Gasteiger partial charge in [-0.2, -0.15) is 0 Å². The lowest BCUT2D eigenvalue weighted by Gasteiger charge is -2.27. The van der Waals surface area contributed by atoms with Crippen LogP contribution >= 0.6 is 11.3 Å². The van der Waals surface area contributed by atoms with Crippen molar-refractivity contribution < 1.29 is 14.7 Å². The maximum atomic E-state index is 11.9. The summed E-state index contributed by atoms with van der Waals surface area (Å²) >= 11 is 1.64. The van der Waals surface area contributed by atoms with Crippen LogP contribution in [0.5, 0.6) is 0 Å². The molecule has 0 radical (unpaired) electrons. The van der Waals surface area contributed by atoms with Crippen LogP contribution in [-0.2, 0) is 4.79 Å². The molecule has 0 aliphatic rings. The van der Waals surface area contributed by atoms with Gasteiger partial charge in [-0.3, -0.25) is 4.79 Å². The Hall–Kier alpha value is -1.56. The third kappa shape index (κ3) is 4.46. The number of hydrogen-bond acceptors (Lipinski definition) is 3. The first-order chi connectivity index (χ1) is 9.84. The topological polar surface area (TPSA) is 78.4 Å². The molecular formula is C15H24N2O3S. The SMILES string of the molecule is CCC(CC)(CNC(=O)NC(C)c1ccc(C)s1)C(=O)O. The minimum Gasteiger partial charge on any atom is -0.481 e. The van der Waals surface area contributed by atoms with Gasteiger partial charge < -0.3 is 15.7 Å². The van der Waals surface area contributed by atoms with Gasteiger partial charge in [0, 0.05) is 16.3 Å². The van der Waals surface area contributed by atoms with Crippen molar-refractivity contribution in [1.29, 1.82) is 0 Å². The molecule has 3 N–H and O–H groups in total. The zero-order valence-corrected chi connectivity index (χ0v) is 13.8. The third-order valence-corrected chi connectivity index (χ3v) is 5.11. The lowest BCUT2D eigenvalue weighted by molar-refractivity contribution is -0.149. The number of hydrogen-bond donors (Lipinski definition) is 3. The monoisotopic (exact) mass is 312 g/mol.